The SMILES string of the molecule is CCCC(CC(=O)O)Nc1cc([N+](=O)[O-])c(C)cn1. The summed E-state index contributed by atoms with van der Waals surface area (Å²) in [5, 5.41) is 22.6. The molecule has 1 heterocycles. The lowest BCUT2D eigenvalue weighted by Gasteiger charge is -2.16. The number of nitrogens with one attached hydrogen (secondary N) is 1. The van der Waals surface area contributed by atoms with Gasteiger partial charge in [-0.3, -0.25) is 14.9 Å². The van der Waals surface area contributed by atoms with Crippen LogP contribution in [0.2, 0.25) is 0 Å². The topological polar surface area (TPSA) is 105 Å². The summed E-state index contributed by atoms with van der Waals surface area (Å²) in [5.41, 5.74) is 0.448. The van der Waals surface area contributed by atoms with Crippen LogP contribution in [0.5, 0.6) is 0 Å². The van der Waals surface area contributed by atoms with Gasteiger partial charge in [0.2, 0.25) is 0 Å². The first kappa shape index (κ1) is 14.9. The van der Waals surface area contributed by atoms with Crippen LogP contribution >= 0.6 is 0 Å². The van der Waals surface area contributed by atoms with Crippen molar-refractivity contribution in [2.24, 2.45) is 0 Å². The Balaban J connectivity index is 2.87. The summed E-state index contributed by atoms with van der Waals surface area (Å²) in [6, 6.07) is 1.05. The highest BCUT2D eigenvalue weighted by Gasteiger charge is 2.16. The summed E-state index contributed by atoms with van der Waals surface area (Å²) in [6.45, 7) is 3.55. The van der Waals surface area contributed by atoms with Crippen LogP contribution in [0.3, 0.4) is 0 Å². The Morgan fingerprint density at radius 2 is 2.32 bits per heavy atom. The number of anilines is 1. The number of aliphatic carboxylic acids is 1. The fourth-order valence-corrected chi connectivity index (χ4v) is 1.78. The van der Waals surface area contributed by atoms with Gasteiger partial charge in [-0.1, -0.05) is 13.3 Å². The Hall–Kier alpha value is -2.18. The maximum absolute atomic E-state index is 10.8. The zero-order valence-electron chi connectivity index (χ0n) is 10.9. The van der Waals surface area contributed by atoms with Gasteiger partial charge >= 0.3 is 5.97 Å². The highest BCUT2D eigenvalue weighted by molar-refractivity contribution is 5.68. The number of carboxylic acid groups (broad SMARTS) is 1. The lowest BCUT2D eigenvalue weighted by molar-refractivity contribution is -0.385. The molecule has 104 valence electrons. The monoisotopic (exact) mass is 267 g/mol. The molecule has 0 saturated heterocycles. The molecule has 0 bridgehead atoms. The Kier molecular flexibility index (Phi) is 5.23. The standard InChI is InChI=1S/C12H17N3O4/c1-3-4-9(5-12(16)17)14-11-6-10(15(18)19)8(2)7-13-11/h6-7,9H,3-5H2,1-2H3,(H,13,14)(H,16,17). The number of hydrogen-bond acceptors (Lipinski definition) is 5. The summed E-state index contributed by atoms with van der Waals surface area (Å²) < 4.78 is 0. The van der Waals surface area contributed by atoms with Crippen molar-refractivity contribution in [1.29, 1.82) is 0 Å². The van der Waals surface area contributed by atoms with E-state index in [1.807, 2.05) is 6.92 Å². The van der Waals surface area contributed by atoms with Crippen LogP contribution in [0.4, 0.5) is 11.5 Å². The number of carbonyl (C=O) groups is 1. The fraction of sp³-hybridized carbons (Fsp3) is 0.500. The van der Waals surface area contributed by atoms with Gasteiger partial charge in [0.05, 0.1) is 17.4 Å². The van der Waals surface area contributed by atoms with E-state index in [-0.39, 0.29) is 18.2 Å². The molecule has 0 aliphatic carbocycles. The zero-order valence-corrected chi connectivity index (χ0v) is 10.9. The first-order chi connectivity index (χ1) is 8.93. The molecule has 0 aliphatic rings. The van der Waals surface area contributed by atoms with Crippen LogP contribution in [0, 0.1) is 17.0 Å². The van der Waals surface area contributed by atoms with Crippen LogP contribution in [-0.4, -0.2) is 27.0 Å². The smallest absolute Gasteiger partial charge is 0.305 e. The molecule has 0 spiro atoms. The molecule has 2 N–H and O–H groups in total. The third-order valence-corrected chi connectivity index (χ3v) is 2.68. The van der Waals surface area contributed by atoms with Gasteiger partial charge in [0, 0.05) is 17.8 Å². The van der Waals surface area contributed by atoms with Crippen molar-refractivity contribution in [1.82, 2.24) is 4.98 Å². The third-order valence-electron chi connectivity index (χ3n) is 2.68. The summed E-state index contributed by atoms with van der Waals surface area (Å²) in [4.78, 5) is 25.1. The molecule has 7 heteroatoms. The number of pyridine rings is 1. The predicted molar refractivity (Wildman–Crippen MR) is 70.2 cm³/mol. The molecule has 0 saturated carbocycles. The summed E-state index contributed by atoms with van der Waals surface area (Å²) in [6.07, 6.45) is 2.84. The molecule has 1 atom stereocenters. The second kappa shape index (κ2) is 6.67. The van der Waals surface area contributed by atoms with Gasteiger partial charge in [-0.05, 0) is 13.3 Å². The van der Waals surface area contributed by atoms with Gasteiger partial charge < -0.3 is 10.4 Å². The average molecular weight is 267 g/mol. The molecule has 0 aromatic carbocycles. The lowest BCUT2D eigenvalue weighted by Crippen LogP contribution is -2.23. The Bertz CT molecular complexity index is 476. The minimum absolute atomic E-state index is 0.0249. The molecule has 0 radical (unpaired) electrons. The summed E-state index contributed by atoms with van der Waals surface area (Å²) >= 11 is 0. The fourth-order valence-electron chi connectivity index (χ4n) is 1.78. The molecule has 0 fully saturated rings. The number of aromatic nitrogens is 1. The molecule has 1 aromatic rings. The highest BCUT2D eigenvalue weighted by Crippen LogP contribution is 2.21. The number of nitrogens with zero attached hydrogens (tertiary/aromatic N) is 2. The number of carboxylic acids is 1. The molecule has 1 rings (SSSR count). The van der Waals surface area contributed by atoms with E-state index in [9.17, 15) is 14.9 Å². The lowest BCUT2D eigenvalue weighted by atomic mass is 10.1. The van der Waals surface area contributed by atoms with Gasteiger partial charge in [0.1, 0.15) is 5.82 Å². The molecular weight excluding hydrogens is 250 g/mol. The number of nitro groups is 1. The Morgan fingerprint density at radius 3 is 2.84 bits per heavy atom. The quantitative estimate of drug-likeness (QED) is 0.580. The van der Waals surface area contributed by atoms with Crippen molar-refractivity contribution < 1.29 is 14.8 Å². The van der Waals surface area contributed by atoms with Crippen molar-refractivity contribution in [3.63, 3.8) is 0 Å². The summed E-state index contributed by atoms with van der Waals surface area (Å²) in [7, 11) is 0. The van der Waals surface area contributed by atoms with Crippen molar-refractivity contribution >= 4 is 17.5 Å². The summed E-state index contributed by atoms with van der Waals surface area (Å²) in [5.74, 6) is -0.579. The largest absolute Gasteiger partial charge is 0.481 e. The van der Waals surface area contributed by atoms with Crippen LogP contribution in [0.1, 0.15) is 31.7 Å². The van der Waals surface area contributed by atoms with E-state index in [0.717, 1.165) is 6.42 Å². The maximum Gasteiger partial charge on any atom is 0.305 e. The average Bonchev–Trinajstić information content (AvgIpc) is 2.30. The van der Waals surface area contributed by atoms with Gasteiger partial charge in [-0.25, -0.2) is 4.98 Å². The number of rotatable bonds is 7. The van der Waals surface area contributed by atoms with Crippen LogP contribution in [0.25, 0.3) is 0 Å². The maximum atomic E-state index is 10.8. The molecular formula is C12H17N3O4. The van der Waals surface area contributed by atoms with E-state index in [1.165, 1.54) is 12.3 Å². The zero-order chi connectivity index (χ0) is 14.4. The normalized spacial score (nSPS) is 11.9. The van der Waals surface area contributed by atoms with Crippen molar-refractivity contribution in [3.05, 3.63) is 27.9 Å². The van der Waals surface area contributed by atoms with Crippen molar-refractivity contribution in [3.8, 4) is 0 Å². The van der Waals surface area contributed by atoms with Crippen LogP contribution < -0.4 is 5.32 Å². The predicted octanol–water partition coefficient (Wildman–Crippen LogP) is 2.35. The molecule has 19 heavy (non-hydrogen) atoms. The number of aryl methyl sites for hydroxylation is 1. The van der Waals surface area contributed by atoms with E-state index in [2.05, 4.69) is 10.3 Å². The molecule has 0 aliphatic heterocycles. The van der Waals surface area contributed by atoms with E-state index in [0.29, 0.717) is 17.8 Å². The van der Waals surface area contributed by atoms with Crippen molar-refractivity contribution in [2.75, 3.05) is 5.32 Å². The minimum atomic E-state index is -0.910. The first-order valence-electron chi connectivity index (χ1n) is 6.03. The third kappa shape index (κ3) is 4.53. The van der Waals surface area contributed by atoms with E-state index in [4.69, 9.17) is 5.11 Å². The second-order valence-corrected chi connectivity index (χ2v) is 4.34. The van der Waals surface area contributed by atoms with Gasteiger partial charge in [-0.15, -0.1) is 0 Å². The van der Waals surface area contributed by atoms with Crippen LogP contribution in [0.15, 0.2) is 12.3 Å². The molecule has 7 nitrogen and oxygen atoms in total. The number of hydrogen-bond donors (Lipinski definition) is 2. The minimum Gasteiger partial charge on any atom is -0.481 e. The van der Waals surface area contributed by atoms with Crippen LogP contribution in [-0.2, 0) is 4.79 Å². The van der Waals surface area contributed by atoms with E-state index < -0.39 is 10.9 Å². The van der Waals surface area contributed by atoms with Gasteiger partial charge in [0.15, 0.2) is 0 Å². The molecule has 1 aromatic heterocycles. The second-order valence-electron chi connectivity index (χ2n) is 4.34. The Morgan fingerprint density at radius 1 is 1.63 bits per heavy atom. The van der Waals surface area contributed by atoms with Gasteiger partial charge in [-0.2, -0.15) is 0 Å². The molecule has 0 amide bonds. The van der Waals surface area contributed by atoms with E-state index in [1.54, 1.807) is 6.92 Å². The first-order valence-corrected chi connectivity index (χ1v) is 6.03. The van der Waals surface area contributed by atoms with Gasteiger partial charge in [0.25, 0.3) is 5.69 Å². The van der Waals surface area contributed by atoms with E-state index >= 15 is 0 Å². The Labute approximate surface area is 110 Å². The van der Waals surface area contributed by atoms with Crippen molar-refractivity contribution in [2.45, 2.75) is 39.2 Å². The molecule has 1 unspecified atom stereocenters. The highest BCUT2D eigenvalue weighted by atomic mass is 16.6.